The Kier molecular flexibility index (Phi) is 5.94. The van der Waals surface area contributed by atoms with Crippen molar-refractivity contribution in [2.24, 2.45) is 4.99 Å². The number of thiazole rings is 1. The zero-order valence-electron chi connectivity index (χ0n) is 16.3. The Morgan fingerprint density at radius 3 is 2.57 bits per heavy atom. The summed E-state index contributed by atoms with van der Waals surface area (Å²) in [6, 6.07) is 11.4. The van der Waals surface area contributed by atoms with Gasteiger partial charge in [0.05, 0.1) is 30.9 Å². The minimum Gasteiger partial charge on any atom is -0.497 e. The Hall–Kier alpha value is -2.93. The van der Waals surface area contributed by atoms with Crippen LogP contribution in [0, 0.1) is 13.8 Å². The predicted molar refractivity (Wildman–Crippen MR) is 109 cm³/mol. The van der Waals surface area contributed by atoms with E-state index in [9.17, 15) is 9.59 Å². The molecule has 0 aliphatic heterocycles. The van der Waals surface area contributed by atoms with E-state index in [4.69, 9.17) is 9.47 Å². The third-order valence-corrected chi connectivity index (χ3v) is 5.56. The molecule has 0 N–H and O–H groups in total. The molecule has 146 valence electrons. The number of carbonyl (C=O) groups excluding carboxylic acids is 2. The number of hydrogen-bond acceptors (Lipinski definition) is 5. The van der Waals surface area contributed by atoms with E-state index in [1.807, 2.05) is 44.2 Å². The van der Waals surface area contributed by atoms with Gasteiger partial charge in [-0.25, -0.2) is 0 Å². The van der Waals surface area contributed by atoms with Gasteiger partial charge in [0, 0.05) is 0 Å². The number of fused-ring (bicyclic) bond motifs is 1. The maximum atomic E-state index is 12.6. The molecule has 7 heteroatoms. The molecule has 1 heterocycles. The summed E-state index contributed by atoms with van der Waals surface area (Å²) in [6.07, 6.45) is 0.154. The summed E-state index contributed by atoms with van der Waals surface area (Å²) in [6.45, 7) is 4.05. The fraction of sp³-hybridized carbons (Fsp3) is 0.286. The summed E-state index contributed by atoms with van der Waals surface area (Å²) in [4.78, 5) is 29.2. The van der Waals surface area contributed by atoms with Gasteiger partial charge in [0.15, 0.2) is 4.80 Å². The molecule has 2 aromatic carbocycles. The molecule has 0 aliphatic rings. The van der Waals surface area contributed by atoms with Gasteiger partial charge in [-0.3, -0.25) is 9.59 Å². The number of rotatable bonds is 5. The number of methoxy groups -OCH3 is 2. The highest BCUT2D eigenvalue weighted by Gasteiger charge is 2.13. The number of nitrogens with zero attached hydrogens (tertiary/aromatic N) is 2. The van der Waals surface area contributed by atoms with Crippen LogP contribution in [0.4, 0.5) is 0 Å². The summed E-state index contributed by atoms with van der Waals surface area (Å²) in [5.41, 5.74) is 3.94. The van der Waals surface area contributed by atoms with Crippen molar-refractivity contribution >= 4 is 33.4 Å². The fourth-order valence-electron chi connectivity index (χ4n) is 2.86. The zero-order chi connectivity index (χ0) is 20.3. The Balaban J connectivity index is 2.03. The van der Waals surface area contributed by atoms with Crippen molar-refractivity contribution in [1.82, 2.24) is 4.57 Å². The number of aromatic nitrogens is 1. The molecular weight excluding hydrogens is 376 g/mol. The van der Waals surface area contributed by atoms with Crippen LogP contribution in [0.2, 0.25) is 0 Å². The Morgan fingerprint density at radius 2 is 1.86 bits per heavy atom. The van der Waals surface area contributed by atoms with E-state index in [2.05, 4.69) is 11.1 Å². The molecule has 0 radical (unpaired) electrons. The molecule has 1 amide bonds. The van der Waals surface area contributed by atoms with E-state index in [0.29, 0.717) is 10.6 Å². The van der Waals surface area contributed by atoms with Crippen molar-refractivity contribution in [2.45, 2.75) is 26.8 Å². The smallest absolute Gasteiger partial charge is 0.325 e. The summed E-state index contributed by atoms with van der Waals surface area (Å²) in [5, 5.41) is 0. The van der Waals surface area contributed by atoms with Crippen LogP contribution in [0.1, 0.15) is 16.7 Å². The van der Waals surface area contributed by atoms with Gasteiger partial charge in [-0.05, 0) is 54.8 Å². The van der Waals surface area contributed by atoms with Gasteiger partial charge >= 0.3 is 5.97 Å². The number of esters is 1. The van der Waals surface area contributed by atoms with Crippen molar-refractivity contribution < 1.29 is 19.1 Å². The van der Waals surface area contributed by atoms with Gasteiger partial charge in [0.1, 0.15) is 12.3 Å². The minimum absolute atomic E-state index is 0.00424. The maximum Gasteiger partial charge on any atom is 0.325 e. The van der Waals surface area contributed by atoms with Crippen LogP contribution < -0.4 is 9.54 Å². The molecule has 0 bridgehead atoms. The first-order chi connectivity index (χ1) is 13.4. The highest BCUT2D eigenvalue weighted by molar-refractivity contribution is 7.16. The highest BCUT2D eigenvalue weighted by atomic mass is 32.1. The molecule has 0 spiro atoms. The van der Waals surface area contributed by atoms with E-state index < -0.39 is 0 Å². The highest BCUT2D eigenvalue weighted by Crippen LogP contribution is 2.22. The van der Waals surface area contributed by atoms with Crippen LogP contribution in [0.5, 0.6) is 5.75 Å². The van der Waals surface area contributed by atoms with Gasteiger partial charge in [-0.2, -0.15) is 4.99 Å². The number of ether oxygens (including phenoxy) is 2. The Bertz CT molecular complexity index is 1110. The molecule has 0 fully saturated rings. The maximum absolute atomic E-state index is 12.6. The number of hydrogen-bond donors (Lipinski definition) is 0. The SMILES string of the molecule is COC(=O)Cn1c(=NC(=O)Cc2cccc(OC)c2)sc2cc(C)c(C)cc21. The lowest BCUT2D eigenvalue weighted by molar-refractivity contribution is -0.141. The Morgan fingerprint density at radius 1 is 1.11 bits per heavy atom. The Labute approximate surface area is 167 Å². The van der Waals surface area contributed by atoms with E-state index in [0.717, 1.165) is 26.9 Å². The summed E-state index contributed by atoms with van der Waals surface area (Å²) < 4.78 is 12.7. The zero-order valence-corrected chi connectivity index (χ0v) is 17.1. The van der Waals surface area contributed by atoms with Crippen LogP contribution in [0.3, 0.4) is 0 Å². The van der Waals surface area contributed by atoms with E-state index in [-0.39, 0.29) is 24.8 Å². The normalized spacial score (nSPS) is 11.6. The van der Waals surface area contributed by atoms with Crippen molar-refractivity contribution in [3.05, 3.63) is 57.9 Å². The average Bonchev–Trinajstić information content (AvgIpc) is 2.98. The van der Waals surface area contributed by atoms with Crippen molar-refractivity contribution in [3.8, 4) is 5.75 Å². The van der Waals surface area contributed by atoms with E-state index >= 15 is 0 Å². The molecule has 28 heavy (non-hydrogen) atoms. The second kappa shape index (κ2) is 8.39. The molecule has 3 rings (SSSR count). The van der Waals surface area contributed by atoms with Crippen molar-refractivity contribution in [3.63, 3.8) is 0 Å². The molecule has 0 atom stereocenters. The lowest BCUT2D eigenvalue weighted by Crippen LogP contribution is -2.22. The van der Waals surface area contributed by atoms with Crippen molar-refractivity contribution in [1.29, 1.82) is 0 Å². The summed E-state index contributed by atoms with van der Waals surface area (Å²) in [7, 11) is 2.93. The van der Waals surface area contributed by atoms with Gasteiger partial charge < -0.3 is 14.0 Å². The first-order valence-corrected chi connectivity index (χ1v) is 9.61. The molecule has 0 unspecified atom stereocenters. The first kappa shape index (κ1) is 19.8. The number of amides is 1. The van der Waals surface area contributed by atoms with Gasteiger partial charge in [0.25, 0.3) is 5.91 Å². The number of carbonyl (C=O) groups is 2. The average molecular weight is 398 g/mol. The predicted octanol–water partition coefficient (Wildman–Crippen LogP) is 3.17. The third kappa shape index (κ3) is 4.31. The van der Waals surface area contributed by atoms with Gasteiger partial charge in [0.2, 0.25) is 0 Å². The minimum atomic E-state index is -0.389. The molecule has 0 saturated carbocycles. The lowest BCUT2D eigenvalue weighted by atomic mass is 10.1. The molecular formula is C21H22N2O4S. The quantitative estimate of drug-likeness (QED) is 0.619. The summed E-state index contributed by atoms with van der Waals surface area (Å²) in [5.74, 6) is 0.0189. The number of aryl methyl sites for hydroxylation is 2. The lowest BCUT2D eigenvalue weighted by Gasteiger charge is -2.05. The second-order valence-corrected chi connectivity index (χ2v) is 7.49. The number of benzene rings is 2. The standard InChI is InChI=1S/C21H22N2O4S/c1-13-8-17-18(9-14(13)2)28-21(23(17)12-20(25)27-4)22-19(24)11-15-6-5-7-16(10-15)26-3/h5-10H,11-12H2,1-4H3. The van der Waals surface area contributed by atoms with Crippen molar-refractivity contribution in [2.75, 3.05) is 14.2 Å². The molecule has 1 aromatic heterocycles. The van der Waals surface area contributed by atoms with E-state index in [1.54, 1.807) is 11.7 Å². The fourth-order valence-corrected chi connectivity index (χ4v) is 3.98. The molecule has 3 aromatic rings. The van der Waals surface area contributed by atoms with Gasteiger partial charge in [-0.1, -0.05) is 23.5 Å². The summed E-state index contributed by atoms with van der Waals surface area (Å²) >= 11 is 1.39. The largest absolute Gasteiger partial charge is 0.497 e. The second-order valence-electron chi connectivity index (χ2n) is 6.48. The molecule has 0 saturated heterocycles. The van der Waals surface area contributed by atoms with E-state index in [1.165, 1.54) is 18.4 Å². The van der Waals surface area contributed by atoms with Gasteiger partial charge in [-0.15, -0.1) is 0 Å². The van der Waals surface area contributed by atoms with Crippen LogP contribution in [-0.4, -0.2) is 30.7 Å². The molecule has 0 aliphatic carbocycles. The topological polar surface area (TPSA) is 69.9 Å². The van der Waals surface area contributed by atoms with Crippen LogP contribution >= 0.6 is 11.3 Å². The van der Waals surface area contributed by atoms with Crippen LogP contribution in [-0.2, 0) is 27.3 Å². The first-order valence-electron chi connectivity index (χ1n) is 8.79. The monoisotopic (exact) mass is 398 g/mol. The third-order valence-electron chi connectivity index (χ3n) is 4.52. The van der Waals surface area contributed by atoms with Crippen LogP contribution in [0.15, 0.2) is 41.4 Å². The van der Waals surface area contributed by atoms with Crippen LogP contribution in [0.25, 0.3) is 10.2 Å². The molecule has 6 nitrogen and oxygen atoms in total.